The molecule has 0 unspecified atom stereocenters. The van der Waals surface area contributed by atoms with Crippen LogP contribution in [-0.4, -0.2) is 30.1 Å². The van der Waals surface area contributed by atoms with Crippen molar-refractivity contribution in [3.63, 3.8) is 0 Å². The maximum absolute atomic E-state index is 13.9. The monoisotopic (exact) mass is 272 g/mol. The van der Waals surface area contributed by atoms with E-state index in [9.17, 15) is 4.39 Å². The Hall–Kier alpha value is -2.17. The second kappa shape index (κ2) is 5.45. The van der Waals surface area contributed by atoms with E-state index < -0.39 is 5.82 Å². The van der Waals surface area contributed by atoms with Gasteiger partial charge in [-0.25, -0.2) is 14.4 Å². The lowest BCUT2D eigenvalue weighted by Crippen LogP contribution is -2.17. The first-order chi connectivity index (χ1) is 9.78. The molecule has 1 aromatic carbocycles. The van der Waals surface area contributed by atoms with E-state index in [1.165, 1.54) is 19.0 Å². The molecule has 0 atom stereocenters. The fourth-order valence-electron chi connectivity index (χ4n) is 2.52. The molecule has 104 valence electrons. The largest absolute Gasteiger partial charge is 0.372 e. The average Bonchev–Trinajstić information content (AvgIpc) is 3.02. The van der Waals surface area contributed by atoms with E-state index in [-0.39, 0.29) is 0 Å². The molecule has 20 heavy (non-hydrogen) atoms. The maximum Gasteiger partial charge on any atom is 0.223 e. The second-order valence-corrected chi connectivity index (χ2v) is 4.88. The van der Waals surface area contributed by atoms with Crippen LogP contribution in [0.5, 0.6) is 0 Å². The molecule has 0 aliphatic carbocycles. The third-order valence-corrected chi connectivity index (χ3v) is 3.56. The number of nitrogens with zero attached hydrogens (tertiary/aromatic N) is 3. The van der Waals surface area contributed by atoms with E-state index in [0.29, 0.717) is 11.6 Å². The summed E-state index contributed by atoms with van der Waals surface area (Å²) in [5.74, 6) is 0.0237. The zero-order chi connectivity index (χ0) is 13.9. The van der Waals surface area contributed by atoms with Crippen LogP contribution in [0.15, 0.2) is 30.5 Å². The molecular weight excluding hydrogens is 255 g/mol. The minimum absolute atomic E-state index is 0.338. The number of hydrogen-bond donors (Lipinski definition) is 1. The van der Waals surface area contributed by atoms with Gasteiger partial charge < -0.3 is 10.2 Å². The van der Waals surface area contributed by atoms with Crippen LogP contribution in [0.4, 0.5) is 16.0 Å². The molecule has 1 N–H and O–H groups in total. The van der Waals surface area contributed by atoms with Crippen molar-refractivity contribution in [2.45, 2.75) is 12.8 Å². The summed E-state index contributed by atoms with van der Waals surface area (Å²) in [5.41, 5.74) is 2.25. The summed E-state index contributed by atoms with van der Waals surface area (Å²) in [6.07, 6.45) is 3.64. The highest BCUT2D eigenvalue weighted by molar-refractivity contribution is 5.66. The predicted molar refractivity (Wildman–Crippen MR) is 78.4 cm³/mol. The van der Waals surface area contributed by atoms with E-state index in [4.69, 9.17) is 0 Å². The maximum atomic E-state index is 13.9. The van der Waals surface area contributed by atoms with Crippen LogP contribution < -0.4 is 10.2 Å². The van der Waals surface area contributed by atoms with E-state index in [1.54, 1.807) is 7.05 Å². The van der Waals surface area contributed by atoms with E-state index in [1.807, 2.05) is 18.2 Å². The van der Waals surface area contributed by atoms with Gasteiger partial charge in [0.05, 0.1) is 6.20 Å². The quantitative estimate of drug-likeness (QED) is 0.932. The topological polar surface area (TPSA) is 41.1 Å². The Kier molecular flexibility index (Phi) is 3.50. The highest BCUT2D eigenvalue weighted by Gasteiger charge is 2.14. The summed E-state index contributed by atoms with van der Waals surface area (Å²) in [6.45, 7) is 2.13. The molecule has 2 heterocycles. The molecule has 1 aromatic heterocycles. The number of anilines is 2. The Morgan fingerprint density at radius 2 is 2.05 bits per heavy atom. The van der Waals surface area contributed by atoms with Gasteiger partial charge in [-0.3, -0.25) is 0 Å². The Labute approximate surface area is 117 Å². The molecule has 1 aliphatic rings. The van der Waals surface area contributed by atoms with Gasteiger partial charge in [0.2, 0.25) is 5.95 Å². The standard InChI is InChI=1S/C15H17FN4/c1-17-15-18-10-13(16)14(19-15)11-5-4-6-12(9-11)20-7-2-3-8-20/h4-6,9-10H,2-3,7-8H2,1H3,(H,17,18,19). The zero-order valence-electron chi connectivity index (χ0n) is 11.4. The van der Waals surface area contributed by atoms with Crippen molar-refractivity contribution >= 4 is 11.6 Å². The van der Waals surface area contributed by atoms with Crippen molar-refractivity contribution in [3.05, 3.63) is 36.3 Å². The molecule has 0 radical (unpaired) electrons. The Balaban J connectivity index is 1.99. The Bertz CT molecular complexity index is 609. The SMILES string of the molecule is CNc1ncc(F)c(-c2cccc(N3CCCC3)c2)n1. The van der Waals surface area contributed by atoms with Crippen LogP contribution in [0.2, 0.25) is 0 Å². The van der Waals surface area contributed by atoms with Gasteiger partial charge in [-0.15, -0.1) is 0 Å². The van der Waals surface area contributed by atoms with Gasteiger partial charge in [-0.05, 0) is 25.0 Å². The summed E-state index contributed by atoms with van der Waals surface area (Å²) in [5, 5.41) is 2.83. The molecule has 1 saturated heterocycles. The Morgan fingerprint density at radius 3 is 2.80 bits per heavy atom. The van der Waals surface area contributed by atoms with Crippen molar-refractivity contribution < 1.29 is 4.39 Å². The molecule has 5 heteroatoms. The van der Waals surface area contributed by atoms with Gasteiger partial charge in [0.25, 0.3) is 0 Å². The first kappa shape index (κ1) is 12.8. The predicted octanol–water partition coefficient (Wildman–Crippen LogP) is 2.92. The first-order valence-corrected chi connectivity index (χ1v) is 6.83. The first-order valence-electron chi connectivity index (χ1n) is 6.83. The fourth-order valence-corrected chi connectivity index (χ4v) is 2.52. The second-order valence-electron chi connectivity index (χ2n) is 4.88. The van der Waals surface area contributed by atoms with E-state index in [0.717, 1.165) is 24.3 Å². The molecule has 0 amide bonds. The van der Waals surface area contributed by atoms with Gasteiger partial charge in [0, 0.05) is 31.4 Å². The lowest BCUT2D eigenvalue weighted by molar-refractivity contribution is 0.619. The van der Waals surface area contributed by atoms with Crippen molar-refractivity contribution in [1.29, 1.82) is 0 Å². The lowest BCUT2D eigenvalue weighted by Gasteiger charge is -2.18. The highest BCUT2D eigenvalue weighted by atomic mass is 19.1. The molecule has 1 aliphatic heterocycles. The number of aromatic nitrogens is 2. The van der Waals surface area contributed by atoms with Crippen molar-refractivity contribution in [3.8, 4) is 11.3 Å². The van der Waals surface area contributed by atoms with Crippen molar-refractivity contribution in [2.24, 2.45) is 0 Å². The molecule has 1 fully saturated rings. The molecule has 2 aromatic rings. The lowest BCUT2D eigenvalue weighted by atomic mass is 10.1. The van der Waals surface area contributed by atoms with E-state index in [2.05, 4.69) is 26.3 Å². The van der Waals surface area contributed by atoms with Crippen LogP contribution >= 0.6 is 0 Å². The van der Waals surface area contributed by atoms with Crippen LogP contribution in [0.3, 0.4) is 0 Å². The molecule has 0 saturated carbocycles. The van der Waals surface area contributed by atoms with Crippen LogP contribution in [0.1, 0.15) is 12.8 Å². The third-order valence-electron chi connectivity index (χ3n) is 3.56. The van der Waals surface area contributed by atoms with Gasteiger partial charge in [0.15, 0.2) is 5.82 Å². The average molecular weight is 272 g/mol. The van der Waals surface area contributed by atoms with Crippen molar-refractivity contribution in [2.75, 3.05) is 30.4 Å². The fraction of sp³-hybridized carbons (Fsp3) is 0.333. The van der Waals surface area contributed by atoms with Crippen LogP contribution in [-0.2, 0) is 0 Å². The summed E-state index contributed by atoms with van der Waals surface area (Å²) in [6, 6.07) is 7.89. The number of rotatable bonds is 3. The number of benzene rings is 1. The molecular formula is C15H17FN4. The molecule has 0 bridgehead atoms. The summed E-state index contributed by atoms with van der Waals surface area (Å²) >= 11 is 0. The van der Waals surface area contributed by atoms with Crippen LogP contribution in [0.25, 0.3) is 11.3 Å². The van der Waals surface area contributed by atoms with Gasteiger partial charge in [-0.1, -0.05) is 12.1 Å². The summed E-state index contributed by atoms with van der Waals surface area (Å²) in [4.78, 5) is 10.4. The minimum Gasteiger partial charge on any atom is -0.372 e. The Morgan fingerprint density at radius 1 is 1.25 bits per heavy atom. The molecule has 4 nitrogen and oxygen atoms in total. The highest BCUT2D eigenvalue weighted by Crippen LogP contribution is 2.27. The minimum atomic E-state index is -0.400. The summed E-state index contributed by atoms with van der Waals surface area (Å²) < 4.78 is 13.9. The smallest absolute Gasteiger partial charge is 0.223 e. The summed E-state index contributed by atoms with van der Waals surface area (Å²) in [7, 11) is 1.72. The van der Waals surface area contributed by atoms with Gasteiger partial charge in [-0.2, -0.15) is 0 Å². The van der Waals surface area contributed by atoms with Crippen LogP contribution in [0, 0.1) is 5.82 Å². The molecule has 3 rings (SSSR count). The normalized spacial score (nSPS) is 14.6. The van der Waals surface area contributed by atoms with Crippen molar-refractivity contribution in [1.82, 2.24) is 9.97 Å². The van der Waals surface area contributed by atoms with Gasteiger partial charge >= 0.3 is 0 Å². The zero-order valence-corrected chi connectivity index (χ0v) is 11.4. The number of nitrogens with one attached hydrogen (secondary N) is 1. The number of hydrogen-bond acceptors (Lipinski definition) is 4. The molecule has 0 spiro atoms. The third kappa shape index (κ3) is 2.43. The number of halogens is 1. The van der Waals surface area contributed by atoms with Gasteiger partial charge in [0.1, 0.15) is 5.69 Å². The van der Waals surface area contributed by atoms with E-state index >= 15 is 0 Å².